The quantitative estimate of drug-likeness (QED) is 0.574. The molecule has 0 radical (unpaired) electrons. The van der Waals surface area contributed by atoms with Crippen LogP contribution >= 0.6 is 11.3 Å². The zero-order chi connectivity index (χ0) is 15.4. The van der Waals surface area contributed by atoms with Crippen molar-refractivity contribution >= 4 is 22.8 Å². The van der Waals surface area contributed by atoms with Gasteiger partial charge in [-0.2, -0.15) is 0 Å². The van der Waals surface area contributed by atoms with Crippen LogP contribution in [0.4, 0.5) is 11.5 Å². The number of aromatic nitrogens is 2. The highest BCUT2D eigenvalue weighted by atomic mass is 32.1. The summed E-state index contributed by atoms with van der Waals surface area (Å²) >= 11 is 1.49. The molecule has 2 heterocycles. The molecule has 0 aliphatic heterocycles. The van der Waals surface area contributed by atoms with Crippen LogP contribution in [-0.2, 0) is 0 Å². The molecule has 0 bridgehead atoms. The van der Waals surface area contributed by atoms with Crippen molar-refractivity contribution in [2.24, 2.45) is 0 Å². The average Bonchev–Trinajstić information content (AvgIpc) is 3.08. The molecule has 0 aliphatic rings. The molecule has 3 aromatic rings. The molecular weight excluding hydrogens is 300 g/mol. The fourth-order valence-corrected chi connectivity index (χ4v) is 2.82. The van der Waals surface area contributed by atoms with Gasteiger partial charge in [0.15, 0.2) is 0 Å². The summed E-state index contributed by atoms with van der Waals surface area (Å²) in [5, 5.41) is 17.0. The molecule has 22 heavy (non-hydrogen) atoms. The van der Waals surface area contributed by atoms with E-state index in [0.717, 1.165) is 10.6 Å². The Morgan fingerprint density at radius 2 is 1.91 bits per heavy atom. The number of nitrogens with one attached hydrogen (secondary N) is 1. The third-order valence-corrected chi connectivity index (χ3v) is 3.94. The Kier molecular flexibility index (Phi) is 4.06. The van der Waals surface area contributed by atoms with Crippen LogP contribution in [0.1, 0.15) is 16.6 Å². The normalized spacial score (nSPS) is 11.8. The first-order chi connectivity index (χ1) is 10.8. The number of rotatable bonds is 5. The predicted octanol–water partition coefficient (Wildman–Crippen LogP) is 3.65. The first-order valence-electron chi connectivity index (χ1n) is 6.56. The summed E-state index contributed by atoms with van der Waals surface area (Å²) in [6.07, 6.45) is 3.24. The van der Waals surface area contributed by atoms with Gasteiger partial charge >= 0.3 is 5.69 Å². The maximum atomic E-state index is 11.1. The fraction of sp³-hybridized carbons (Fsp3) is 0.0667. The van der Waals surface area contributed by atoms with Crippen LogP contribution in [0, 0.1) is 10.1 Å². The molecule has 7 heteroatoms. The van der Waals surface area contributed by atoms with Crippen LogP contribution in [0.15, 0.2) is 60.2 Å². The molecule has 1 unspecified atom stereocenters. The van der Waals surface area contributed by atoms with Crippen molar-refractivity contribution in [2.75, 3.05) is 5.32 Å². The second-order valence-corrected chi connectivity index (χ2v) is 5.41. The maximum absolute atomic E-state index is 11.1. The standard InChI is InChI=1S/C15H12N4O2S/c20-19(21)12-7-4-8-16-14(12)18-13(15-17-9-10-22-15)11-5-2-1-3-6-11/h1-10,13H,(H,16,18). The van der Waals surface area contributed by atoms with E-state index < -0.39 is 4.92 Å². The molecule has 0 amide bonds. The van der Waals surface area contributed by atoms with Crippen molar-refractivity contribution in [1.29, 1.82) is 0 Å². The van der Waals surface area contributed by atoms with Crippen molar-refractivity contribution in [1.82, 2.24) is 9.97 Å². The molecule has 1 N–H and O–H groups in total. The van der Waals surface area contributed by atoms with Gasteiger partial charge in [0.05, 0.1) is 4.92 Å². The van der Waals surface area contributed by atoms with Crippen LogP contribution in [0.3, 0.4) is 0 Å². The van der Waals surface area contributed by atoms with Crippen LogP contribution in [0.2, 0.25) is 0 Å². The van der Waals surface area contributed by atoms with Crippen molar-refractivity contribution in [3.8, 4) is 0 Å². The number of hydrogen-bond donors (Lipinski definition) is 1. The molecule has 0 fully saturated rings. The summed E-state index contributed by atoms with van der Waals surface area (Å²) in [5.41, 5.74) is 0.914. The zero-order valence-electron chi connectivity index (χ0n) is 11.4. The predicted molar refractivity (Wildman–Crippen MR) is 84.9 cm³/mol. The van der Waals surface area contributed by atoms with E-state index in [1.165, 1.54) is 23.6 Å². The van der Waals surface area contributed by atoms with Gasteiger partial charge in [-0.05, 0) is 11.6 Å². The summed E-state index contributed by atoms with van der Waals surface area (Å²) in [5.74, 6) is 0.233. The minimum absolute atomic E-state index is 0.0556. The molecule has 3 rings (SSSR count). The van der Waals surface area contributed by atoms with E-state index in [4.69, 9.17) is 0 Å². The third-order valence-electron chi connectivity index (χ3n) is 3.10. The van der Waals surface area contributed by atoms with E-state index in [-0.39, 0.29) is 17.5 Å². The number of pyridine rings is 1. The van der Waals surface area contributed by atoms with E-state index in [0.29, 0.717) is 0 Å². The van der Waals surface area contributed by atoms with Crippen LogP contribution < -0.4 is 5.32 Å². The molecule has 0 aliphatic carbocycles. The third kappa shape index (κ3) is 2.94. The largest absolute Gasteiger partial charge is 0.351 e. The van der Waals surface area contributed by atoms with E-state index in [1.807, 2.05) is 35.7 Å². The second kappa shape index (κ2) is 6.31. The lowest BCUT2D eigenvalue weighted by molar-refractivity contribution is -0.384. The number of hydrogen-bond acceptors (Lipinski definition) is 6. The van der Waals surface area contributed by atoms with Gasteiger partial charge < -0.3 is 5.32 Å². The Hall–Kier alpha value is -2.80. The van der Waals surface area contributed by atoms with Gasteiger partial charge in [0, 0.05) is 23.8 Å². The number of nitro groups is 1. The minimum atomic E-state index is -0.445. The number of benzene rings is 1. The van der Waals surface area contributed by atoms with Crippen molar-refractivity contribution < 1.29 is 4.92 Å². The second-order valence-electron chi connectivity index (χ2n) is 4.49. The highest BCUT2D eigenvalue weighted by Crippen LogP contribution is 2.30. The van der Waals surface area contributed by atoms with Crippen LogP contribution in [0.5, 0.6) is 0 Å². The van der Waals surface area contributed by atoms with E-state index >= 15 is 0 Å². The van der Waals surface area contributed by atoms with Gasteiger partial charge in [0.25, 0.3) is 0 Å². The Morgan fingerprint density at radius 3 is 2.59 bits per heavy atom. The Bertz CT molecular complexity index is 762. The summed E-state index contributed by atoms with van der Waals surface area (Å²) in [4.78, 5) is 19.1. The lowest BCUT2D eigenvalue weighted by atomic mass is 10.1. The van der Waals surface area contributed by atoms with Gasteiger partial charge in [0.2, 0.25) is 5.82 Å². The molecule has 1 atom stereocenters. The summed E-state index contributed by atoms with van der Waals surface area (Å²) in [6.45, 7) is 0. The van der Waals surface area contributed by atoms with Crippen molar-refractivity contribution in [3.63, 3.8) is 0 Å². The number of nitrogens with zero attached hydrogens (tertiary/aromatic N) is 3. The van der Waals surface area contributed by atoms with Crippen molar-refractivity contribution in [3.05, 3.63) is 80.9 Å². The molecule has 110 valence electrons. The molecule has 2 aromatic heterocycles. The van der Waals surface area contributed by atoms with E-state index in [1.54, 1.807) is 12.3 Å². The summed E-state index contributed by atoms with van der Waals surface area (Å²) in [7, 11) is 0. The summed E-state index contributed by atoms with van der Waals surface area (Å²) < 4.78 is 0. The molecule has 1 aromatic carbocycles. The van der Waals surface area contributed by atoms with Crippen LogP contribution in [0.25, 0.3) is 0 Å². The SMILES string of the molecule is O=[N+]([O-])c1cccnc1NC(c1ccccc1)c1nccs1. The highest BCUT2D eigenvalue weighted by molar-refractivity contribution is 7.09. The van der Waals surface area contributed by atoms with Gasteiger partial charge in [-0.1, -0.05) is 30.3 Å². The first-order valence-corrected chi connectivity index (χ1v) is 7.44. The zero-order valence-corrected chi connectivity index (χ0v) is 12.2. The lowest BCUT2D eigenvalue weighted by Crippen LogP contribution is -2.14. The van der Waals surface area contributed by atoms with Gasteiger partial charge in [-0.3, -0.25) is 10.1 Å². The monoisotopic (exact) mass is 312 g/mol. The highest BCUT2D eigenvalue weighted by Gasteiger charge is 2.22. The minimum Gasteiger partial charge on any atom is -0.351 e. The molecule has 0 saturated heterocycles. The maximum Gasteiger partial charge on any atom is 0.311 e. The lowest BCUT2D eigenvalue weighted by Gasteiger charge is -2.17. The average molecular weight is 312 g/mol. The fourth-order valence-electron chi connectivity index (χ4n) is 2.10. The van der Waals surface area contributed by atoms with Gasteiger partial charge in [-0.25, -0.2) is 9.97 Å². The van der Waals surface area contributed by atoms with Gasteiger partial charge in [-0.15, -0.1) is 11.3 Å². The molecule has 6 nitrogen and oxygen atoms in total. The molecule has 0 saturated carbocycles. The molecular formula is C15H12N4O2S. The van der Waals surface area contributed by atoms with E-state index in [9.17, 15) is 10.1 Å². The van der Waals surface area contributed by atoms with Crippen molar-refractivity contribution in [2.45, 2.75) is 6.04 Å². The topological polar surface area (TPSA) is 81.0 Å². The Balaban J connectivity index is 2.00. The Morgan fingerprint density at radius 1 is 1.09 bits per heavy atom. The smallest absolute Gasteiger partial charge is 0.311 e. The molecule has 0 spiro atoms. The van der Waals surface area contributed by atoms with Crippen LogP contribution in [-0.4, -0.2) is 14.9 Å². The number of anilines is 1. The summed E-state index contributed by atoms with van der Waals surface area (Å²) in [6, 6.07) is 12.4. The van der Waals surface area contributed by atoms with Gasteiger partial charge in [0.1, 0.15) is 11.0 Å². The first kappa shape index (κ1) is 14.2. The Labute approximate surface area is 130 Å². The number of thiazole rings is 1. The van der Waals surface area contributed by atoms with E-state index in [2.05, 4.69) is 15.3 Å².